The fourth-order valence-corrected chi connectivity index (χ4v) is 2.99. The lowest BCUT2D eigenvalue weighted by atomic mass is 9.96. The number of urea groups is 1. The van der Waals surface area contributed by atoms with Gasteiger partial charge in [0.25, 0.3) is 0 Å². The van der Waals surface area contributed by atoms with E-state index in [0.29, 0.717) is 17.8 Å². The molecule has 0 aliphatic carbocycles. The van der Waals surface area contributed by atoms with Crippen LogP contribution in [0.4, 0.5) is 16.2 Å². The maximum absolute atomic E-state index is 13.0. The first-order valence-electron chi connectivity index (χ1n) is 8.47. The van der Waals surface area contributed by atoms with Gasteiger partial charge in [0.1, 0.15) is 5.92 Å². The summed E-state index contributed by atoms with van der Waals surface area (Å²) in [6.07, 6.45) is 2.07. The van der Waals surface area contributed by atoms with E-state index < -0.39 is 23.8 Å². The number of imide groups is 2. The van der Waals surface area contributed by atoms with Gasteiger partial charge in [-0.15, -0.1) is 0 Å². The van der Waals surface area contributed by atoms with Crippen molar-refractivity contribution >= 4 is 29.2 Å². The van der Waals surface area contributed by atoms with Crippen LogP contribution in [-0.2, 0) is 9.59 Å². The molecule has 0 unspecified atom stereocenters. The second kappa shape index (κ2) is 7.30. The molecule has 0 radical (unpaired) electrons. The standard InChI is InChI=1S/C20H20N2O3/c1-2-3-14-17-18(23)21(15-10-6-4-7-11-15)20(25)22(19(17)24)16-12-8-5-9-13-16/h4-13,17H,2-3,14H2,1H3. The summed E-state index contributed by atoms with van der Waals surface area (Å²) in [5, 5.41) is 0. The zero-order valence-corrected chi connectivity index (χ0v) is 14.1. The molecule has 0 spiro atoms. The minimum absolute atomic E-state index is 0.439. The van der Waals surface area contributed by atoms with Crippen LogP contribution in [0, 0.1) is 5.92 Å². The zero-order valence-electron chi connectivity index (χ0n) is 14.1. The predicted octanol–water partition coefficient (Wildman–Crippen LogP) is 3.99. The molecule has 25 heavy (non-hydrogen) atoms. The molecule has 0 atom stereocenters. The number of barbiturate groups is 1. The Morgan fingerprint density at radius 2 is 1.20 bits per heavy atom. The minimum atomic E-state index is -0.835. The van der Waals surface area contributed by atoms with Crippen LogP contribution in [0.15, 0.2) is 60.7 Å². The number of hydrogen-bond donors (Lipinski definition) is 0. The highest BCUT2D eigenvalue weighted by atomic mass is 16.2. The summed E-state index contributed by atoms with van der Waals surface area (Å²) in [6, 6.07) is 16.9. The van der Waals surface area contributed by atoms with Gasteiger partial charge in [-0.25, -0.2) is 14.6 Å². The Morgan fingerprint density at radius 1 is 0.760 bits per heavy atom. The van der Waals surface area contributed by atoms with Crippen molar-refractivity contribution in [3.8, 4) is 0 Å². The summed E-state index contributed by atoms with van der Waals surface area (Å²) < 4.78 is 0. The molecular formula is C20H20N2O3. The van der Waals surface area contributed by atoms with E-state index in [0.717, 1.165) is 22.6 Å². The first kappa shape index (κ1) is 16.9. The van der Waals surface area contributed by atoms with E-state index >= 15 is 0 Å². The molecule has 2 aromatic carbocycles. The van der Waals surface area contributed by atoms with Gasteiger partial charge in [0.2, 0.25) is 11.8 Å². The molecule has 1 saturated heterocycles. The molecule has 5 heteroatoms. The number of hydrogen-bond acceptors (Lipinski definition) is 3. The van der Waals surface area contributed by atoms with Crippen LogP contribution in [0.1, 0.15) is 26.2 Å². The van der Waals surface area contributed by atoms with Crippen LogP contribution in [0.2, 0.25) is 0 Å². The van der Waals surface area contributed by atoms with Crippen molar-refractivity contribution in [1.29, 1.82) is 0 Å². The second-order valence-corrected chi connectivity index (χ2v) is 6.00. The van der Waals surface area contributed by atoms with E-state index in [1.54, 1.807) is 48.5 Å². The first-order chi connectivity index (χ1) is 12.1. The molecule has 1 aliphatic heterocycles. The first-order valence-corrected chi connectivity index (χ1v) is 8.47. The number of benzene rings is 2. The van der Waals surface area contributed by atoms with E-state index in [-0.39, 0.29) is 0 Å². The summed E-state index contributed by atoms with van der Waals surface area (Å²) >= 11 is 0. The molecule has 0 aromatic heterocycles. The second-order valence-electron chi connectivity index (χ2n) is 6.00. The third-order valence-corrected chi connectivity index (χ3v) is 4.29. The molecule has 5 nitrogen and oxygen atoms in total. The Morgan fingerprint density at radius 3 is 1.60 bits per heavy atom. The maximum atomic E-state index is 13.0. The normalized spacial score (nSPS) is 15.8. The van der Waals surface area contributed by atoms with Gasteiger partial charge < -0.3 is 0 Å². The predicted molar refractivity (Wildman–Crippen MR) is 96.3 cm³/mol. The smallest absolute Gasteiger partial charge is 0.273 e. The number of rotatable bonds is 5. The summed E-state index contributed by atoms with van der Waals surface area (Å²) in [4.78, 5) is 41.0. The summed E-state index contributed by atoms with van der Waals surface area (Å²) in [7, 11) is 0. The largest absolute Gasteiger partial charge is 0.342 e. The third-order valence-electron chi connectivity index (χ3n) is 4.29. The van der Waals surface area contributed by atoms with Crippen molar-refractivity contribution in [2.45, 2.75) is 26.2 Å². The topological polar surface area (TPSA) is 57.7 Å². The molecule has 1 aliphatic rings. The molecule has 1 fully saturated rings. The van der Waals surface area contributed by atoms with Crippen LogP contribution in [0.25, 0.3) is 0 Å². The van der Waals surface area contributed by atoms with E-state index in [4.69, 9.17) is 0 Å². The van der Waals surface area contributed by atoms with Gasteiger partial charge >= 0.3 is 6.03 Å². The molecule has 1 heterocycles. The molecule has 0 saturated carbocycles. The number of unbranched alkanes of at least 4 members (excludes halogenated alkanes) is 1. The molecule has 0 bridgehead atoms. The van der Waals surface area contributed by atoms with Crippen LogP contribution >= 0.6 is 0 Å². The highest BCUT2D eigenvalue weighted by Gasteiger charge is 2.46. The van der Waals surface area contributed by atoms with Gasteiger partial charge in [0.15, 0.2) is 0 Å². The number of nitrogens with zero attached hydrogens (tertiary/aromatic N) is 2. The number of para-hydroxylation sites is 2. The Hall–Kier alpha value is -2.95. The van der Waals surface area contributed by atoms with E-state index in [2.05, 4.69) is 0 Å². The van der Waals surface area contributed by atoms with Crippen LogP contribution in [0.3, 0.4) is 0 Å². The summed E-state index contributed by atoms with van der Waals surface area (Å²) in [5.41, 5.74) is 0.958. The number of anilines is 2. The molecule has 128 valence electrons. The Kier molecular flexibility index (Phi) is 4.93. The van der Waals surface area contributed by atoms with Crippen LogP contribution in [-0.4, -0.2) is 17.8 Å². The van der Waals surface area contributed by atoms with Gasteiger partial charge in [0.05, 0.1) is 11.4 Å². The Labute approximate surface area is 146 Å². The van der Waals surface area contributed by atoms with Crippen molar-refractivity contribution in [1.82, 2.24) is 0 Å². The van der Waals surface area contributed by atoms with Crippen molar-refractivity contribution in [3.05, 3.63) is 60.7 Å². The van der Waals surface area contributed by atoms with Crippen molar-refractivity contribution in [3.63, 3.8) is 0 Å². The van der Waals surface area contributed by atoms with Crippen LogP contribution in [0.5, 0.6) is 0 Å². The molecule has 4 amide bonds. The third kappa shape index (κ3) is 3.18. The molecular weight excluding hydrogens is 316 g/mol. The average Bonchev–Trinajstić information content (AvgIpc) is 2.63. The number of amides is 4. The fraction of sp³-hybridized carbons (Fsp3) is 0.250. The van der Waals surface area contributed by atoms with Gasteiger partial charge in [0, 0.05) is 0 Å². The SMILES string of the molecule is CCCCC1C(=O)N(c2ccccc2)C(=O)N(c2ccccc2)C1=O. The summed E-state index contributed by atoms with van der Waals surface area (Å²) in [6.45, 7) is 2.01. The van der Waals surface area contributed by atoms with E-state index in [1.807, 2.05) is 19.1 Å². The van der Waals surface area contributed by atoms with E-state index in [9.17, 15) is 14.4 Å². The lowest BCUT2D eigenvalue weighted by Crippen LogP contribution is -2.60. The highest BCUT2D eigenvalue weighted by molar-refractivity contribution is 6.36. The van der Waals surface area contributed by atoms with E-state index in [1.165, 1.54) is 0 Å². The lowest BCUT2D eigenvalue weighted by molar-refractivity contribution is -0.133. The van der Waals surface area contributed by atoms with Gasteiger partial charge in [-0.3, -0.25) is 9.59 Å². The van der Waals surface area contributed by atoms with Crippen molar-refractivity contribution in [2.24, 2.45) is 5.92 Å². The summed E-state index contributed by atoms with van der Waals surface area (Å²) in [5.74, 6) is -1.72. The molecule has 3 rings (SSSR count). The maximum Gasteiger partial charge on any atom is 0.342 e. The Balaban J connectivity index is 2.05. The quantitative estimate of drug-likeness (QED) is 0.776. The van der Waals surface area contributed by atoms with Crippen LogP contribution < -0.4 is 9.80 Å². The van der Waals surface area contributed by atoms with Gasteiger partial charge in [-0.1, -0.05) is 56.2 Å². The molecule has 0 N–H and O–H groups in total. The highest BCUT2D eigenvalue weighted by Crippen LogP contribution is 2.30. The lowest BCUT2D eigenvalue weighted by Gasteiger charge is -2.36. The fourth-order valence-electron chi connectivity index (χ4n) is 2.99. The minimum Gasteiger partial charge on any atom is -0.273 e. The number of carbonyl (C=O) groups excluding carboxylic acids is 3. The molecule has 2 aromatic rings. The Bertz CT molecular complexity index is 713. The van der Waals surface area contributed by atoms with Crippen molar-refractivity contribution in [2.75, 3.05) is 9.80 Å². The van der Waals surface area contributed by atoms with Crippen molar-refractivity contribution < 1.29 is 14.4 Å². The average molecular weight is 336 g/mol. The number of carbonyl (C=O) groups is 3. The zero-order chi connectivity index (χ0) is 17.8. The van der Waals surface area contributed by atoms with Gasteiger partial charge in [-0.05, 0) is 30.7 Å². The van der Waals surface area contributed by atoms with Gasteiger partial charge in [-0.2, -0.15) is 0 Å². The monoisotopic (exact) mass is 336 g/mol.